The van der Waals surface area contributed by atoms with Crippen molar-refractivity contribution in [2.24, 2.45) is 4.99 Å². The highest BCUT2D eigenvalue weighted by Gasteiger charge is 2.08. The Morgan fingerprint density at radius 1 is 1.35 bits per heavy atom. The quantitative estimate of drug-likeness (QED) is 0.391. The molecule has 0 spiro atoms. The lowest BCUT2D eigenvalue weighted by molar-refractivity contribution is 0.371. The summed E-state index contributed by atoms with van der Waals surface area (Å²) in [4.78, 5) is 6.37. The average Bonchev–Trinajstić information content (AvgIpc) is 2.98. The molecule has 1 N–H and O–H groups in total. The van der Waals surface area contributed by atoms with Crippen molar-refractivity contribution in [3.63, 3.8) is 0 Å². The third-order valence-corrected chi connectivity index (χ3v) is 3.83. The number of rotatable bonds is 5. The van der Waals surface area contributed by atoms with Crippen LogP contribution in [0.15, 0.2) is 44.3 Å². The van der Waals surface area contributed by atoms with Crippen molar-refractivity contribution in [3.05, 3.63) is 51.8 Å². The first kappa shape index (κ1) is 20.0. The van der Waals surface area contributed by atoms with E-state index in [1.807, 2.05) is 25.2 Å². The van der Waals surface area contributed by atoms with Crippen LogP contribution in [0, 0.1) is 0 Å². The van der Waals surface area contributed by atoms with E-state index in [2.05, 4.69) is 55.4 Å². The SMILES string of the molecule is CCc1cc(CNC(=NC)N(C)Cc2ccc(Br)cc2)on1.I. The van der Waals surface area contributed by atoms with Crippen LogP contribution < -0.4 is 5.32 Å². The monoisotopic (exact) mass is 492 g/mol. The first-order valence-electron chi connectivity index (χ1n) is 7.23. The Morgan fingerprint density at radius 3 is 2.61 bits per heavy atom. The van der Waals surface area contributed by atoms with Crippen molar-refractivity contribution in [1.82, 2.24) is 15.4 Å². The maximum Gasteiger partial charge on any atom is 0.194 e. The van der Waals surface area contributed by atoms with Crippen LogP contribution in [0.1, 0.15) is 23.9 Å². The van der Waals surface area contributed by atoms with Crippen molar-refractivity contribution >= 4 is 45.9 Å². The van der Waals surface area contributed by atoms with Gasteiger partial charge in [0.15, 0.2) is 11.7 Å². The van der Waals surface area contributed by atoms with E-state index in [4.69, 9.17) is 4.52 Å². The Morgan fingerprint density at radius 2 is 2.04 bits per heavy atom. The smallest absolute Gasteiger partial charge is 0.194 e. The second kappa shape index (κ2) is 9.92. The summed E-state index contributed by atoms with van der Waals surface area (Å²) in [7, 11) is 3.79. The Labute approximate surface area is 162 Å². The van der Waals surface area contributed by atoms with Gasteiger partial charge in [-0.05, 0) is 24.1 Å². The van der Waals surface area contributed by atoms with Gasteiger partial charge >= 0.3 is 0 Å². The number of aliphatic imine (C=N–C) groups is 1. The van der Waals surface area contributed by atoms with Gasteiger partial charge in [0.05, 0.1) is 12.2 Å². The van der Waals surface area contributed by atoms with Crippen molar-refractivity contribution in [1.29, 1.82) is 0 Å². The number of hydrogen-bond donors (Lipinski definition) is 1. The van der Waals surface area contributed by atoms with E-state index in [9.17, 15) is 0 Å². The fourth-order valence-electron chi connectivity index (χ4n) is 2.10. The minimum atomic E-state index is 0. The normalized spacial score (nSPS) is 11.0. The van der Waals surface area contributed by atoms with Gasteiger partial charge in [-0.1, -0.05) is 40.1 Å². The molecular weight excluding hydrogens is 471 g/mol. The molecule has 1 aromatic carbocycles. The molecular formula is C16H22BrIN4O. The minimum Gasteiger partial charge on any atom is -0.359 e. The summed E-state index contributed by atoms with van der Waals surface area (Å²) in [5.74, 6) is 1.63. The molecule has 0 bridgehead atoms. The van der Waals surface area contributed by atoms with E-state index in [1.165, 1.54) is 5.56 Å². The zero-order valence-corrected chi connectivity index (χ0v) is 17.5. The zero-order chi connectivity index (χ0) is 15.9. The molecule has 0 fully saturated rings. The van der Waals surface area contributed by atoms with Crippen LogP contribution in [0.4, 0.5) is 0 Å². The van der Waals surface area contributed by atoms with Crippen molar-refractivity contribution in [2.75, 3.05) is 14.1 Å². The molecule has 23 heavy (non-hydrogen) atoms. The standard InChI is InChI=1S/C16H21BrN4O.HI/c1-4-14-9-15(22-20-14)10-19-16(18-2)21(3)11-12-5-7-13(17)8-6-12;/h5-9H,4,10-11H2,1-3H3,(H,18,19);1H. The molecule has 0 aliphatic rings. The summed E-state index contributed by atoms with van der Waals surface area (Å²) in [6.45, 7) is 3.41. The number of hydrogen-bond acceptors (Lipinski definition) is 3. The molecule has 5 nitrogen and oxygen atoms in total. The highest BCUT2D eigenvalue weighted by Crippen LogP contribution is 2.12. The largest absolute Gasteiger partial charge is 0.359 e. The maximum atomic E-state index is 5.27. The van der Waals surface area contributed by atoms with Gasteiger partial charge in [0.1, 0.15) is 0 Å². The van der Waals surface area contributed by atoms with Crippen LogP contribution in [-0.4, -0.2) is 30.1 Å². The van der Waals surface area contributed by atoms with Crippen LogP contribution in [-0.2, 0) is 19.5 Å². The molecule has 0 saturated carbocycles. The first-order valence-corrected chi connectivity index (χ1v) is 8.02. The zero-order valence-electron chi connectivity index (χ0n) is 13.5. The summed E-state index contributed by atoms with van der Waals surface area (Å²) in [6, 6.07) is 10.2. The van der Waals surface area contributed by atoms with E-state index in [-0.39, 0.29) is 24.0 Å². The molecule has 0 atom stereocenters. The Kier molecular flexibility index (Phi) is 8.60. The van der Waals surface area contributed by atoms with Gasteiger partial charge in [0.2, 0.25) is 0 Å². The van der Waals surface area contributed by atoms with Crippen LogP contribution >= 0.6 is 39.9 Å². The van der Waals surface area contributed by atoms with Crippen LogP contribution in [0.25, 0.3) is 0 Å². The van der Waals surface area contributed by atoms with E-state index in [0.29, 0.717) is 6.54 Å². The highest BCUT2D eigenvalue weighted by molar-refractivity contribution is 14.0. The lowest BCUT2D eigenvalue weighted by Gasteiger charge is -2.21. The molecule has 0 saturated heterocycles. The number of aryl methyl sites for hydroxylation is 1. The lowest BCUT2D eigenvalue weighted by atomic mass is 10.2. The van der Waals surface area contributed by atoms with E-state index >= 15 is 0 Å². The van der Waals surface area contributed by atoms with Crippen molar-refractivity contribution in [2.45, 2.75) is 26.4 Å². The summed E-state index contributed by atoms with van der Waals surface area (Å²) in [5, 5.41) is 7.27. The lowest BCUT2D eigenvalue weighted by Crippen LogP contribution is -2.37. The first-order chi connectivity index (χ1) is 10.6. The number of benzene rings is 1. The fourth-order valence-corrected chi connectivity index (χ4v) is 2.36. The van der Waals surface area contributed by atoms with Gasteiger partial charge in [-0.3, -0.25) is 4.99 Å². The summed E-state index contributed by atoms with van der Waals surface area (Å²) >= 11 is 3.45. The number of nitrogens with one attached hydrogen (secondary N) is 1. The van der Waals surface area contributed by atoms with Crippen molar-refractivity contribution < 1.29 is 4.52 Å². The molecule has 7 heteroatoms. The summed E-state index contributed by atoms with van der Waals surface area (Å²) in [6.07, 6.45) is 0.877. The number of guanidine groups is 1. The van der Waals surface area contributed by atoms with Crippen LogP contribution in [0.5, 0.6) is 0 Å². The van der Waals surface area contributed by atoms with Gasteiger partial charge < -0.3 is 14.7 Å². The molecule has 0 unspecified atom stereocenters. The molecule has 1 heterocycles. The van der Waals surface area contributed by atoms with Crippen molar-refractivity contribution in [3.8, 4) is 0 Å². The van der Waals surface area contributed by atoms with Crippen LogP contribution in [0.3, 0.4) is 0 Å². The molecule has 2 aromatic rings. The number of halogens is 2. The molecule has 0 aliphatic carbocycles. The second-order valence-electron chi connectivity index (χ2n) is 5.02. The predicted octanol–water partition coefficient (Wildman–Crippen LogP) is 3.82. The molecule has 0 aliphatic heterocycles. The van der Waals surface area contributed by atoms with Gasteiger partial charge in [0, 0.05) is 31.2 Å². The van der Waals surface area contributed by atoms with E-state index in [0.717, 1.165) is 34.9 Å². The molecule has 126 valence electrons. The summed E-state index contributed by atoms with van der Waals surface area (Å²) < 4.78 is 6.35. The average molecular weight is 493 g/mol. The van der Waals surface area contributed by atoms with Gasteiger partial charge in [-0.25, -0.2) is 0 Å². The Balaban J connectivity index is 0.00000264. The third kappa shape index (κ3) is 6.14. The molecule has 0 amide bonds. The Bertz CT molecular complexity index is 627. The number of nitrogens with zero attached hydrogens (tertiary/aromatic N) is 3. The minimum absolute atomic E-state index is 0. The molecule has 2 rings (SSSR count). The summed E-state index contributed by atoms with van der Waals surface area (Å²) in [5.41, 5.74) is 2.19. The predicted molar refractivity (Wildman–Crippen MR) is 107 cm³/mol. The van der Waals surface area contributed by atoms with Gasteiger partial charge in [-0.2, -0.15) is 0 Å². The third-order valence-electron chi connectivity index (χ3n) is 3.30. The molecule has 1 aromatic heterocycles. The fraction of sp³-hybridized carbons (Fsp3) is 0.375. The van der Waals surface area contributed by atoms with Gasteiger partial charge in [-0.15, -0.1) is 24.0 Å². The Hall–Kier alpha value is -1.09. The topological polar surface area (TPSA) is 53.7 Å². The molecule has 0 radical (unpaired) electrons. The maximum absolute atomic E-state index is 5.27. The van der Waals surface area contributed by atoms with E-state index in [1.54, 1.807) is 7.05 Å². The van der Waals surface area contributed by atoms with E-state index < -0.39 is 0 Å². The van der Waals surface area contributed by atoms with Gasteiger partial charge in [0.25, 0.3) is 0 Å². The van der Waals surface area contributed by atoms with Crippen LogP contribution in [0.2, 0.25) is 0 Å². The highest BCUT2D eigenvalue weighted by atomic mass is 127. The second-order valence-corrected chi connectivity index (χ2v) is 5.94. The number of aromatic nitrogens is 1.